The van der Waals surface area contributed by atoms with Crippen LogP contribution < -0.4 is 5.32 Å². The molecule has 0 aliphatic carbocycles. The van der Waals surface area contributed by atoms with Crippen molar-refractivity contribution in [2.75, 3.05) is 12.4 Å². The molecule has 0 aromatic heterocycles. The summed E-state index contributed by atoms with van der Waals surface area (Å²) >= 11 is 11.8. The van der Waals surface area contributed by atoms with Crippen molar-refractivity contribution >= 4 is 40.8 Å². The van der Waals surface area contributed by atoms with Crippen LogP contribution in [0.4, 0.5) is 5.69 Å². The molecule has 0 bridgehead atoms. The molecule has 0 radical (unpaired) electrons. The maximum absolute atomic E-state index is 12.1. The van der Waals surface area contributed by atoms with Crippen LogP contribution in [0.25, 0.3) is 0 Å². The molecule has 1 amide bonds. The number of hydrogen-bond acceptors (Lipinski definition) is 3. The summed E-state index contributed by atoms with van der Waals surface area (Å²) in [5.74, 6) is -0.778. The van der Waals surface area contributed by atoms with E-state index in [1.165, 1.54) is 7.11 Å². The van der Waals surface area contributed by atoms with Gasteiger partial charge in [-0.2, -0.15) is 0 Å². The van der Waals surface area contributed by atoms with E-state index >= 15 is 0 Å². The smallest absolute Gasteiger partial charge is 0.339 e. The van der Waals surface area contributed by atoms with Gasteiger partial charge in [0.25, 0.3) is 0 Å². The molecule has 114 valence electrons. The highest BCUT2D eigenvalue weighted by Crippen LogP contribution is 2.23. The third kappa shape index (κ3) is 4.00. The number of methoxy groups -OCH3 is 1. The molecule has 2 rings (SSSR count). The molecule has 22 heavy (non-hydrogen) atoms. The quantitative estimate of drug-likeness (QED) is 0.859. The van der Waals surface area contributed by atoms with Crippen molar-refractivity contribution in [1.29, 1.82) is 0 Å². The maximum Gasteiger partial charge on any atom is 0.339 e. The molecule has 0 fully saturated rings. The number of nitrogens with one attached hydrogen (secondary N) is 1. The van der Waals surface area contributed by atoms with E-state index in [4.69, 9.17) is 23.2 Å². The molecule has 2 aromatic rings. The number of esters is 1. The highest BCUT2D eigenvalue weighted by atomic mass is 35.5. The second kappa shape index (κ2) is 7.29. The second-order valence-electron chi connectivity index (χ2n) is 4.51. The lowest BCUT2D eigenvalue weighted by Gasteiger charge is -2.10. The summed E-state index contributed by atoms with van der Waals surface area (Å²) in [7, 11) is 1.29. The molecular weight excluding hydrogens is 325 g/mol. The van der Waals surface area contributed by atoms with Crippen molar-refractivity contribution in [3.8, 4) is 0 Å². The predicted molar refractivity (Wildman–Crippen MR) is 86.6 cm³/mol. The largest absolute Gasteiger partial charge is 0.465 e. The van der Waals surface area contributed by atoms with E-state index in [0.29, 0.717) is 21.3 Å². The van der Waals surface area contributed by atoms with Crippen LogP contribution in [0, 0.1) is 0 Å². The van der Waals surface area contributed by atoms with Crippen LogP contribution in [-0.4, -0.2) is 19.0 Å². The van der Waals surface area contributed by atoms with Crippen LogP contribution in [0.2, 0.25) is 10.0 Å². The van der Waals surface area contributed by atoms with Crippen LogP contribution in [0.1, 0.15) is 15.9 Å². The Labute approximate surface area is 138 Å². The van der Waals surface area contributed by atoms with E-state index < -0.39 is 5.97 Å². The highest BCUT2D eigenvalue weighted by Gasteiger charge is 2.13. The first-order valence-corrected chi connectivity index (χ1v) is 7.18. The summed E-state index contributed by atoms with van der Waals surface area (Å²) in [4.78, 5) is 23.8. The molecule has 0 unspecified atom stereocenters. The number of amides is 1. The van der Waals surface area contributed by atoms with Crippen molar-refractivity contribution in [3.05, 3.63) is 63.6 Å². The molecule has 1 N–H and O–H groups in total. The Balaban J connectivity index is 2.12. The Morgan fingerprint density at radius 1 is 1.09 bits per heavy atom. The predicted octanol–water partition coefficient (Wildman–Crippen LogP) is 3.96. The van der Waals surface area contributed by atoms with Crippen molar-refractivity contribution in [2.45, 2.75) is 6.42 Å². The van der Waals surface area contributed by atoms with Gasteiger partial charge < -0.3 is 10.1 Å². The van der Waals surface area contributed by atoms with Gasteiger partial charge in [-0.05, 0) is 29.8 Å². The average molecular weight is 338 g/mol. The number of carbonyl (C=O) groups excluding carboxylic acids is 2. The Morgan fingerprint density at radius 2 is 1.82 bits per heavy atom. The van der Waals surface area contributed by atoms with Crippen molar-refractivity contribution in [3.63, 3.8) is 0 Å². The van der Waals surface area contributed by atoms with Gasteiger partial charge in [0.15, 0.2) is 0 Å². The number of halogens is 2. The SMILES string of the molecule is COC(=O)c1ccccc1NC(=O)Cc1ccc(Cl)c(Cl)c1. The number of hydrogen-bond donors (Lipinski definition) is 1. The summed E-state index contributed by atoms with van der Waals surface area (Å²) in [6.45, 7) is 0. The van der Waals surface area contributed by atoms with Crippen molar-refractivity contribution in [2.24, 2.45) is 0 Å². The Bertz CT molecular complexity index is 716. The number of carbonyl (C=O) groups is 2. The van der Waals surface area contributed by atoms with E-state index in [2.05, 4.69) is 10.1 Å². The Kier molecular flexibility index (Phi) is 5.41. The monoisotopic (exact) mass is 337 g/mol. The first-order valence-electron chi connectivity index (χ1n) is 6.42. The fourth-order valence-corrected chi connectivity index (χ4v) is 2.23. The lowest BCUT2D eigenvalue weighted by atomic mass is 10.1. The fourth-order valence-electron chi connectivity index (χ4n) is 1.91. The lowest BCUT2D eigenvalue weighted by molar-refractivity contribution is -0.115. The van der Waals surface area contributed by atoms with Gasteiger partial charge in [-0.15, -0.1) is 0 Å². The minimum atomic E-state index is -0.509. The summed E-state index contributed by atoms with van der Waals surface area (Å²) < 4.78 is 4.68. The molecule has 0 aliphatic heterocycles. The lowest BCUT2D eigenvalue weighted by Crippen LogP contribution is -2.17. The van der Waals surface area contributed by atoms with Crippen molar-refractivity contribution < 1.29 is 14.3 Å². The average Bonchev–Trinajstić information content (AvgIpc) is 2.50. The maximum atomic E-state index is 12.1. The van der Waals surface area contributed by atoms with Crippen LogP contribution >= 0.6 is 23.2 Å². The van der Waals surface area contributed by atoms with Gasteiger partial charge in [0.2, 0.25) is 5.91 Å². The molecule has 2 aromatic carbocycles. The summed E-state index contributed by atoms with van der Waals surface area (Å²) in [5.41, 5.74) is 1.43. The first kappa shape index (κ1) is 16.3. The highest BCUT2D eigenvalue weighted by molar-refractivity contribution is 6.42. The van der Waals surface area contributed by atoms with Gasteiger partial charge in [0.1, 0.15) is 0 Å². The topological polar surface area (TPSA) is 55.4 Å². The molecule has 6 heteroatoms. The van der Waals surface area contributed by atoms with Gasteiger partial charge >= 0.3 is 5.97 Å². The number of rotatable bonds is 4. The summed E-state index contributed by atoms with van der Waals surface area (Å²) in [5, 5.41) is 3.52. The van der Waals surface area contributed by atoms with Crippen LogP contribution in [0.5, 0.6) is 0 Å². The summed E-state index contributed by atoms with van der Waals surface area (Å²) in [6.07, 6.45) is 0.117. The minimum Gasteiger partial charge on any atom is -0.465 e. The molecule has 4 nitrogen and oxygen atoms in total. The summed E-state index contributed by atoms with van der Waals surface area (Å²) in [6, 6.07) is 11.6. The number of benzene rings is 2. The van der Waals surface area contributed by atoms with Gasteiger partial charge in [-0.25, -0.2) is 4.79 Å². The number of anilines is 1. The molecule has 0 saturated heterocycles. The van der Waals surface area contributed by atoms with E-state index in [9.17, 15) is 9.59 Å². The molecule has 0 heterocycles. The zero-order chi connectivity index (χ0) is 16.1. The number of ether oxygens (including phenoxy) is 1. The third-order valence-electron chi connectivity index (χ3n) is 2.96. The minimum absolute atomic E-state index is 0.117. The first-order chi connectivity index (χ1) is 10.5. The number of para-hydroxylation sites is 1. The second-order valence-corrected chi connectivity index (χ2v) is 5.32. The molecular formula is C16H13Cl2NO3. The van der Waals surface area contributed by atoms with Crippen LogP contribution in [0.15, 0.2) is 42.5 Å². The van der Waals surface area contributed by atoms with E-state index in [1.54, 1.807) is 42.5 Å². The van der Waals surface area contributed by atoms with Crippen molar-refractivity contribution in [1.82, 2.24) is 0 Å². The van der Waals surface area contributed by atoms with Gasteiger partial charge in [0.05, 0.1) is 34.8 Å². The Morgan fingerprint density at radius 3 is 2.50 bits per heavy atom. The Hall–Kier alpha value is -2.04. The van der Waals surface area contributed by atoms with Gasteiger partial charge in [-0.1, -0.05) is 41.4 Å². The van der Waals surface area contributed by atoms with E-state index in [-0.39, 0.29) is 12.3 Å². The van der Waals surface area contributed by atoms with Gasteiger partial charge in [-0.3, -0.25) is 4.79 Å². The fraction of sp³-hybridized carbons (Fsp3) is 0.125. The zero-order valence-electron chi connectivity index (χ0n) is 11.7. The molecule has 0 spiro atoms. The normalized spacial score (nSPS) is 10.1. The molecule has 0 aliphatic rings. The van der Waals surface area contributed by atoms with Crippen LogP contribution in [0.3, 0.4) is 0 Å². The molecule has 0 saturated carbocycles. The zero-order valence-corrected chi connectivity index (χ0v) is 13.2. The van der Waals surface area contributed by atoms with E-state index in [0.717, 1.165) is 5.56 Å². The van der Waals surface area contributed by atoms with E-state index in [1.807, 2.05) is 0 Å². The van der Waals surface area contributed by atoms with Gasteiger partial charge in [0, 0.05) is 0 Å². The third-order valence-corrected chi connectivity index (χ3v) is 3.69. The van der Waals surface area contributed by atoms with Crippen LogP contribution in [-0.2, 0) is 16.0 Å². The standard InChI is InChI=1S/C16H13Cl2NO3/c1-22-16(21)11-4-2-3-5-14(11)19-15(20)9-10-6-7-12(17)13(18)8-10/h2-8H,9H2,1H3,(H,19,20). The molecule has 0 atom stereocenters.